The number of aromatic nitrogens is 6. The fourth-order valence-electron chi connectivity index (χ4n) is 3.50. The molecule has 0 unspecified atom stereocenters. The molecule has 0 spiro atoms. The Bertz CT molecular complexity index is 1380. The van der Waals surface area contributed by atoms with Crippen molar-refractivity contribution in [2.75, 3.05) is 6.61 Å². The van der Waals surface area contributed by atoms with Gasteiger partial charge in [-0.1, -0.05) is 36.7 Å². The van der Waals surface area contributed by atoms with Crippen molar-refractivity contribution in [2.24, 2.45) is 5.92 Å². The Morgan fingerprint density at radius 2 is 1.94 bits per heavy atom. The minimum atomic E-state index is 0. The molecule has 5 aromatic rings. The third-order valence-corrected chi connectivity index (χ3v) is 5.20. The van der Waals surface area contributed by atoms with Gasteiger partial charge in [-0.05, 0) is 48.4 Å². The highest BCUT2D eigenvalue weighted by atomic mass is 35.5. The van der Waals surface area contributed by atoms with Crippen molar-refractivity contribution in [3.05, 3.63) is 64.8 Å². The van der Waals surface area contributed by atoms with Crippen molar-refractivity contribution < 1.29 is 4.74 Å². The van der Waals surface area contributed by atoms with Gasteiger partial charge in [-0.3, -0.25) is 5.10 Å². The van der Waals surface area contributed by atoms with E-state index in [0.29, 0.717) is 29.8 Å². The summed E-state index contributed by atoms with van der Waals surface area (Å²) in [5.74, 6) is 1.97. The van der Waals surface area contributed by atoms with Crippen LogP contribution in [0.2, 0.25) is 5.02 Å². The number of imidazole rings is 1. The molecule has 2 aromatic carbocycles. The van der Waals surface area contributed by atoms with Crippen LogP contribution < -0.4 is 4.74 Å². The normalized spacial score (nSPS) is 11.2. The lowest BCUT2D eigenvalue weighted by Gasteiger charge is -2.13. The second kappa shape index (κ2) is 9.14. The van der Waals surface area contributed by atoms with E-state index in [9.17, 15) is 0 Å². The van der Waals surface area contributed by atoms with Gasteiger partial charge in [0.15, 0.2) is 5.82 Å². The number of benzene rings is 2. The van der Waals surface area contributed by atoms with Crippen molar-refractivity contribution in [2.45, 2.75) is 20.3 Å². The number of halogens is 2. The zero-order valence-electron chi connectivity index (χ0n) is 17.6. The van der Waals surface area contributed by atoms with Gasteiger partial charge in [-0.15, -0.1) is 17.5 Å². The van der Waals surface area contributed by atoms with Crippen LogP contribution in [-0.4, -0.2) is 37.0 Å². The molecule has 0 fully saturated rings. The zero-order valence-corrected chi connectivity index (χ0v) is 19.2. The molecule has 0 bridgehead atoms. The lowest BCUT2D eigenvalue weighted by atomic mass is 10.1. The maximum absolute atomic E-state index is 6.25. The number of H-pyrrole nitrogens is 2. The number of fused-ring (bicyclic) bond motifs is 3. The maximum Gasteiger partial charge on any atom is 0.157 e. The first kappa shape index (κ1) is 22.0. The Balaban J connectivity index is 0.00000245. The number of nitrogens with one attached hydrogen (secondary N) is 2. The summed E-state index contributed by atoms with van der Waals surface area (Å²) in [4.78, 5) is 12.9. The van der Waals surface area contributed by atoms with Gasteiger partial charge in [-0.2, -0.15) is 0 Å². The van der Waals surface area contributed by atoms with Crippen molar-refractivity contribution in [1.29, 1.82) is 0 Å². The van der Waals surface area contributed by atoms with Crippen LogP contribution in [0.15, 0.2) is 48.5 Å². The first-order chi connectivity index (χ1) is 15.1. The molecule has 9 heteroatoms. The number of hydrogen-bond donors (Lipinski definition) is 2. The monoisotopic (exact) mass is 468 g/mol. The molecule has 0 atom stereocenters. The highest BCUT2D eigenvalue weighted by molar-refractivity contribution is 6.30. The molecule has 0 aliphatic carbocycles. The fraction of sp³-hybridized carbons (Fsp3) is 0.217. The minimum absolute atomic E-state index is 0. The summed E-state index contributed by atoms with van der Waals surface area (Å²) < 4.78 is 5.99. The number of aromatic amines is 2. The van der Waals surface area contributed by atoms with E-state index in [1.54, 1.807) is 0 Å². The highest BCUT2D eigenvalue weighted by Gasteiger charge is 2.13. The van der Waals surface area contributed by atoms with Crippen LogP contribution in [-0.2, 0) is 6.42 Å². The molecule has 0 radical (unpaired) electrons. The fourth-order valence-corrected chi connectivity index (χ4v) is 3.69. The second-order valence-corrected chi connectivity index (χ2v) is 8.34. The molecule has 0 aliphatic heterocycles. The largest absolute Gasteiger partial charge is 0.493 e. The molecule has 0 amide bonds. The van der Waals surface area contributed by atoms with Gasteiger partial charge < -0.3 is 9.72 Å². The lowest BCUT2D eigenvalue weighted by Crippen LogP contribution is -2.06. The molecule has 2 N–H and O–H groups in total. The first-order valence-corrected chi connectivity index (χ1v) is 10.5. The van der Waals surface area contributed by atoms with Crippen LogP contribution in [0.3, 0.4) is 0 Å². The molecule has 164 valence electrons. The molecule has 0 saturated carbocycles. The van der Waals surface area contributed by atoms with Crippen LogP contribution >= 0.6 is 24.0 Å². The maximum atomic E-state index is 6.25. The molecular weight excluding hydrogens is 447 g/mol. The van der Waals surface area contributed by atoms with Crippen molar-refractivity contribution in [1.82, 2.24) is 30.4 Å². The smallest absolute Gasteiger partial charge is 0.157 e. The minimum Gasteiger partial charge on any atom is -0.493 e. The number of pyridine rings is 1. The summed E-state index contributed by atoms with van der Waals surface area (Å²) in [6, 6.07) is 15.5. The van der Waals surface area contributed by atoms with Gasteiger partial charge in [0, 0.05) is 22.7 Å². The van der Waals surface area contributed by atoms with E-state index < -0.39 is 0 Å². The third kappa shape index (κ3) is 4.40. The van der Waals surface area contributed by atoms with E-state index in [4.69, 9.17) is 26.3 Å². The summed E-state index contributed by atoms with van der Waals surface area (Å²) >= 11 is 6.25. The van der Waals surface area contributed by atoms with Gasteiger partial charge in [0.05, 0.1) is 12.1 Å². The Kier molecular flexibility index (Phi) is 6.30. The first-order valence-electron chi connectivity index (χ1n) is 10.1. The Morgan fingerprint density at radius 3 is 2.78 bits per heavy atom. The summed E-state index contributed by atoms with van der Waals surface area (Å²) in [5.41, 5.74) is 5.96. The van der Waals surface area contributed by atoms with Crippen LogP contribution in [0.1, 0.15) is 25.1 Å². The molecule has 7 nitrogen and oxygen atoms in total. The van der Waals surface area contributed by atoms with Crippen LogP contribution in [0.25, 0.3) is 33.6 Å². The Hall–Kier alpha value is -3.16. The quantitative estimate of drug-likeness (QED) is 0.338. The van der Waals surface area contributed by atoms with Gasteiger partial charge in [0.25, 0.3) is 0 Å². The van der Waals surface area contributed by atoms with Crippen LogP contribution in [0.5, 0.6) is 5.75 Å². The van der Waals surface area contributed by atoms with E-state index in [-0.39, 0.29) is 12.4 Å². The average molecular weight is 469 g/mol. The Labute approximate surface area is 196 Å². The molecule has 0 aliphatic rings. The predicted octanol–water partition coefficient (Wildman–Crippen LogP) is 5.60. The lowest BCUT2D eigenvalue weighted by molar-refractivity contribution is 0.269. The predicted molar refractivity (Wildman–Crippen MR) is 129 cm³/mol. The SMILES string of the molecule is CC(C)COc1ccc(Cl)cc1Cc1cccc(-c2nc3c(ccc4nn[nH]c43)[nH]2)n1.Cl. The van der Waals surface area contributed by atoms with Crippen molar-refractivity contribution in [3.63, 3.8) is 0 Å². The molecular formula is C23H22Cl2N6O. The third-order valence-electron chi connectivity index (χ3n) is 4.97. The topological polar surface area (TPSA) is 92.4 Å². The van der Waals surface area contributed by atoms with E-state index in [1.165, 1.54) is 0 Å². The van der Waals surface area contributed by atoms with E-state index in [1.807, 2.05) is 48.5 Å². The summed E-state index contributed by atoms with van der Waals surface area (Å²) in [5, 5.41) is 11.5. The molecule has 3 aromatic heterocycles. The second-order valence-electron chi connectivity index (χ2n) is 7.90. The average Bonchev–Trinajstić information content (AvgIpc) is 3.40. The standard InChI is InChI=1S/C23H21ClN6O.ClH/c1-13(2)12-31-20-9-6-15(24)10-14(20)11-16-4-3-5-19(25-16)23-26-17-7-8-18-22(21(17)27-23)29-30-28-18;/h3-10,13H,11-12H2,1-2H3,(H,26,27)(H,28,29,30);1H. The molecule has 5 rings (SSSR count). The highest BCUT2D eigenvalue weighted by Crippen LogP contribution is 2.27. The van der Waals surface area contributed by atoms with E-state index in [0.717, 1.165) is 44.8 Å². The van der Waals surface area contributed by atoms with E-state index in [2.05, 4.69) is 34.2 Å². The van der Waals surface area contributed by atoms with Gasteiger partial charge in [0.1, 0.15) is 28.0 Å². The van der Waals surface area contributed by atoms with Crippen LogP contribution in [0, 0.1) is 5.92 Å². The van der Waals surface area contributed by atoms with Gasteiger partial charge >= 0.3 is 0 Å². The summed E-state index contributed by atoms with van der Waals surface area (Å²) in [6.07, 6.45) is 0.608. The van der Waals surface area contributed by atoms with E-state index >= 15 is 0 Å². The number of ether oxygens (including phenoxy) is 1. The zero-order chi connectivity index (χ0) is 21.4. The molecule has 32 heavy (non-hydrogen) atoms. The van der Waals surface area contributed by atoms with Crippen molar-refractivity contribution >= 4 is 46.1 Å². The molecule has 0 saturated heterocycles. The van der Waals surface area contributed by atoms with Gasteiger partial charge in [-0.25, -0.2) is 9.97 Å². The summed E-state index contributed by atoms with van der Waals surface area (Å²) in [7, 11) is 0. The number of nitrogens with zero attached hydrogens (tertiary/aromatic N) is 4. The molecule has 3 heterocycles. The van der Waals surface area contributed by atoms with Gasteiger partial charge in [0.2, 0.25) is 0 Å². The number of hydrogen-bond acceptors (Lipinski definition) is 5. The van der Waals surface area contributed by atoms with Crippen molar-refractivity contribution in [3.8, 4) is 17.3 Å². The number of rotatable bonds is 6. The van der Waals surface area contributed by atoms with Crippen LogP contribution in [0.4, 0.5) is 0 Å². The Morgan fingerprint density at radius 1 is 1.06 bits per heavy atom. The summed E-state index contributed by atoms with van der Waals surface area (Å²) in [6.45, 7) is 4.90.